The van der Waals surface area contributed by atoms with Crippen LogP contribution in [0.4, 0.5) is 4.39 Å². The van der Waals surface area contributed by atoms with Crippen molar-refractivity contribution in [1.29, 1.82) is 0 Å². The highest BCUT2D eigenvalue weighted by atomic mass is 32.2. The Kier molecular flexibility index (Phi) is 3.81. The van der Waals surface area contributed by atoms with E-state index in [1.807, 2.05) is 6.07 Å². The predicted octanol–water partition coefficient (Wildman–Crippen LogP) is 2.06. The maximum atomic E-state index is 13.3. The van der Waals surface area contributed by atoms with Crippen molar-refractivity contribution >= 4 is 10.0 Å². The molecule has 0 radical (unpaired) electrons. The Labute approximate surface area is 143 Å². The summed E-state index contributed by atoms with van der Waals surface area (Å²) < 4.78 is 44.7. The van der Waals surface area contributed by atoms with Crippen LogP contribution in [-0.2, 0) is 10.0 Å². The fourth-order valence-corrected chi connectivity index (χ4v) is 4.13. The van der Waals surface area contributed by atoms with Crippen LogP contribution >= 0.6 is 0 Å². The second kappa shape index (κ2) is 6.01. The van der Waals surface area contributed by atoms with E-state index in [9.17, 15) is 12.8 Å². The molecule has 2 aromatic heterocycles. The molecule has 0 atom stereocenters. The Bertz CT molecular complexity index is 1000. The highest BCUT2D eigenvalue weighted by molar-refractivity contribution is 7.89. The third-order valence-corrected chi connectivity index (χ3v) is 5.79. The largest absolute Gasteiger partial charge is 0.339 e. The second-order valence-electron chi connectivity index (χ2n) is 5.65. The van der Waals surface area contributed by atoms with Crippen LogP contribution in [0.3, 0.4) is 0 Å². The third-order valence-electron chi connectivity index (χ3n) is 3.97. The van der Waals surface area contributed by atoms with E-state index in [4.69, 9.17) is 4.52 Å². The van der Waals surface area contributed by atoms with Gasteiger partial charge in [-0.2, -0.15) is 9.29 Å². The van der Waals surface area contributed by atoms with Gasteiger partial charge in [0, 0.05) is 19.3 Å². The van der Waals surface area contributed by atoms with Crippen molar-refractivity contribution in [2.24, 2.45) is 0 Å². The summed E-state index contributed by atoms with van der Waals surface area (Å²) in [6.07, 6.45) is 1.63. The molecule has 7 nitrogen and oxygen atoms in total. The number of aromatic nitrogens is 3. The predicted molar refractivity (Wildman–Crippen MR) is 85.4 cm³/mol. The monoisotopic (exact) mass is 360 g/mol. The highest BCUT2D eigenvalue weighted by Gasteiger charge is 2.40. The van der Waals surface area contributed by atoms with Crippen LogP contribution in [-0.4, -0.2) is 40.9 Å². The Morgan fingerprint density at radius 2 is 2.00 bits per heavy atom. The summed E-state index contributed by atoms with van der Waals surface area (Å²) >= 11 is 0. The Morgan fingerprint density at radius 3 is 2.72 bits per heavy atom. The first kappa shape index (κ1) is 15.9. The Hall–Kier alpha value is -2.65. The number of rotatable bonds is 4. The molecule has 0 bridgehead atoms. The van der Waals surface area contributed by atoms with Crippen LogP contribution in [0.5, 0.6) is 0 Å². The molecule has 4 rings (SSSR count). The molecule has 1 aliphatic rings. The molecule has 1 fully saturated rings. The van der Waals surface area contributed by atoms with Crippen LogP contribution in [0.1, 0.15) is 11.8 Å². The van der Waals surface area contributed by atoms with E-state index < -0.39 is 15.8 Å². The first-order chi connectivity index (χ1) is 12.0. The van der Waals surface area contributed by atoms with Gasteiger partial charge < -0.3 is 4.52 Å². The lowest BCUT2D eigenvalue weighted by molar-refractivity contribution is 0.216. The summed E-state index contributed by atoms with van der Waals surface area (Å²) in [4.78, 5) is 8.36. The van der Waals surface area contributed by atoms with E-state index in [0.717, 1.165) is 6.07 Å². The van der Waals surface area contributed by atoms with Gasteiger partial charge in [0.1, 0.15) is 11.5 Å². The van der Waals surface area contributed by atoms with Crippen molar-refractivity contribution in [3.8, 4) is 11.5 Å². The van der Waals surface area contributed by atoms with E-state index in [1.54, 1.807) is 18.3 Å². The summed E-state index contributed by atoms with van der Waals surface area (Å²) in [5.41, 5.74) is 0.584. The number of nitrogens with zero attached hydrogens (tertiary/aromatic N) is 4. The molecule has 0 N–H and O–H groups in total. The van der Waals surface area contributed by atoms with Gasteiger partial charge in [0.2, 0.25) is 21.7 Å². The summed E-state index contributed by atoms with van der Waals surface area (Å²) in [6.45, 7) is 0.422. The number of hydrogen-bond acceptors (Lipinski definition) is 6. The lowest BCUT2D eigenvalue weighted by Gasteiger charge is -2.35. The van der Waals surface area contributed by atoms with Gasteiger partial charge in [-0.3, -0.25) is 4.98 Å². The molecule has 3 aromatic rings. The Morgan fingerprint density at radius 1 is 1.16 bits per heavy atom. The first-order valence-electron chi connectivity index (χ1n) is 7.55. The lowest BCUT2D eigenvalue weighted by Crippen LogP contribution is -2.48. The fraction of sp³-hybridized carbons (Fsp3) is 0.188. The van der Waals surface area contributed by atoms with Crippen molar-refractivity contribution in [2.75, 3.05) is 13.1 Å². The summed E-state index contributed by atoms with van der Waals surface area (Å²) in [7, 11) is -3.72. The normalized spacial score (nSPS) is 15.9. The molecule has 128 valence electrons. The first-order valence-corrected chi connectivity index (χ1v) is 8.99. The maximum Gasteiger partial charge on any atom is 0.243 e. The zero-order valence-corrected chi connectivity index (χ0v) is 13.7. The minimum Gasteiger partial charge on any atom is -0.339 e. The number of hydrogen-bond donors (Lipinski definition) is 0. The maximum absolute atomic E-state index is 13.3. The van der Waals surface area contributed by atoms with E-state index >= 15 is 0 Å². The van der Waals surface area contributed by atoms with Crippen LogP contribution in [0.2, 0.25) is 0 Å². The van der Waals surface area contributed by atoms with Crippen molar-refractivity contribution in [3.63, 3.8) is 0 Å². The van der Waals surface area contributed by atoms with Crippen molar-refractivity contribution in [1.82, 2.24) is 19.4 Å². The second-order valence-corrected chi connectivity index (χ2v) is 7.59. The molecule has 1 aromatic carbocycles. The smallest absolute Gasteiger partial charge is 0.243 e. The molecule has 3 heterocycles. The molecule has 0 unspecified atom stereocenters. The molecular formula is C16H13FN4O3S. The number of pyridine rings is 1. The zero-order chi connectivity index (χ0) is 17.4. The average Bonchev–Trinajstić information content (AvgIpc) is 3.04. The quantitative estimate of drug-likeness (QED) is 0.707. The third kappa shape index (κ3) is 2.92. The lowest BCUT2D eigenvalue weighted by atomic mass is 10.0. The zero-order valence-electron chi connectivity index (χ0n) is 12.9. The van der Waals surface area contributed by atoms with Gasteiger partial charge >= 0.3 is 0 Å². The van der Waals surface area contributed by atoms with Gasteiger partial charge in [-0.1, -0.05) is 17.3 Å². The fourth-order valence-electron chi connectivity index (χ4n) is 2.57. The molecule has 9 heteroatoms. The molecule has 0 saturated carbocycles. The van der Waals surface area contributed by atoms with Gasteiger partial charge in [0.25, 0.3) is 0 Å². The summed E-state index contributed by atoms with van der Waals surface area (Å²) in [5, 5.41) is 3.88. The summed E-state index contributed by atoms with van der Waals surface area (Å²) in [5.74, 6) is -0.0447. The van der Waals surface area contributed by atoms with Gasteiger partial charge in [0.05, 0.1) is 10.8 Å². The minimum atomic E-state index is -3.72. The highest BCUT2D eigenvalue weighted by Crippen LogP contribution is 2.32. The molecule has 25 heavy (non-hydrogen) atoms. The molecule has 0 spiro atoms. The standard InChI is InChI=1S/C16H13FN4O3S/c17-12-4-3-5-13(8-12)25(22,23)21-9-11(10-21)16-19-15(20-24-16)14-6-1-2-7-18-14/h1-8,11H,9-10H2. The van der Waals surface area contributed by atoms with Crippen molar-refractivity contribution in [3.05, 3.63) is 60.4 Å². The minimum absolute atomic E-state index is 0.0642. The number of sulfonamides is 1. The van der Waals surface area contributed by atoms with Crippen molar-refractivity contribution in [2.45, 2.75) is 10.8 Å². The summed E-state index contributed by atoms with van der Waals surface area (Å²) in [6, 6.07) is 10.3. The van der Waals surface area contributed by atoms with Crippen LogP contribution in [0, 0.1) is 5.82 Å². The van der Waals surface area contributed by atoms with Crippen LogP contribution in [0.25, 0.3) is 11.5 Å². The van der Waals surface area contributed by atoms with Crippen LogP contribution in [0.15, 0.2) is 58.1 Å². The number of halogens is 1. The van der Waals surface area contributed by atoms with E-state index in [0.29, 0.717) is 17.4 Å². The molecular weight excluding hydrogens is 347 g/mol. The van der Waals surface area contributed by atoms with E-state index in [2.05, 4.69) is 15.1 Å². The Balaban J connectivity index is 1.48. The molecule has 1 aliphatic heterocycles. The van der Waals surface area contributed by atoms with E-state index in [1.165, 1.54) is 22.5 Å². The molecule has 0 amide bonds. The van der Waals surface area contributed by atoms with Gasteiger partial charge in [-0.15, -0.1) is 0 Å². The van der Waals surface area contributed by atoms with Gasteiger partial charge in [-0.05, 0) is 30.3 Å². The van der Waals surface area contributed by atoms with Gasteiger partial charge in [-0.25, -0.2) is 12.8 Å². The average molecular weight is 360 g/mol. The molecule has 0 aliphatic carbocycles. The SMILES string of the molecule is O=S(=O)(c1cccc(F)c1)N1CC(c2nc(-c3ccccn3)no2)C1. The van der Waals surface area contributed by atoms with E-state index in [-0.39, 0.29) is 23.9 Å². The number of benzene rings is 1. The topological polar surface area (TPSA) is 89.2 Å². The van der Waals surface area contributed by atoms with Gasteiger partial charge in [0.15, 0.2) is 0 Å². The van der Waals surface area contributed by atoms with Crippen LogP contribution < -0.4 is 0 Å². The van der Waals surface area contributed by atoms with Crippen molar-refractivity contribution < 1.29 is 17.3 Å². The molecule has 1 saturated heterocycles.